The SMILES string of the molecule is C=C1CCC(=S)N1C. The summed E-state index contributed by atoms with van der Waals surface area (Å²) in [5, 5.41) is 0. The Balaban J connectivity index is 2.70. The normalized spacial score (nSPS) is 20.4. The van der Waals surface area contributed by atoms with Crippen LogP contribution in [0.15, 0.2) is 12.3 Å². The first-order valence-corrected chi connectivity index (χ1v) is 3.07. The number of likely N-dealkylation sites (tertiary alicyclic amines) is 1. The smallest absolute Gasteiger partial charge is 0.0822 e. The van der Waals surface area contributed by atoms with E-state index in [0.29, 0.717) is 0 Å². The second kappa shape index (κ2) is 1.86. The molecule has 1 nitrogen and oxygen atoms in total. The van der Waals surface area contributed by atoms with Gasteiger partial charge in [0.15, 0.2) is 0 Å². The van der Waals surface area contributed by atoms with Crippen molar-refractivity contribution in [1.82, 2.24) is 4.90 Å². The Morgan fingerprint density at radius 3 is 2.38 bits per heavy atom. The number of thiocarbonyl (C=S) groups is 1. The summed E-state index contributed by atoms with van der Waals surface area (Å²) in [6.45, 7) is 3.82. The summed E-state index contributed by atoms with van der Waals surface area (Å²) in [6, 6.07) is 0. The zero-order chi connectivity index (χ0) is 6.15. The lowest BCUT2D eigenvalue weighted by Crippen LogP contribution is -2.14. The van der Waals surface area contributed by atoms with E-state index in [2.05, 4.69) is 6.58 Å². The van der Waals surface area contributed by atoms with Crippen LogP contribution in [0.25, 0.3) is 0 Å². The number of hydrogen-bond acceptors (Lipinski definition) is 1. The van der Waals surface area contributed by atoms with E-state index in [4.69, 9.17) is 12.2 Å². The van der Waals surface area contributed by atoms with Crippen LogP contribution in [0.4, 0.5) is 0 Å². The first-order chi connectivity index (χ1) is 3.72. The van der Waals surface area contributed by atoms with Crippen LogP contribution in [-0.2, 0) is 0 Å². The van der Waals surface area contributed by atoms with Gasteiger partial charge in [-0.05, 0) is 6.42 Å². The van der Waals surface area contributed by atoms with Crippen molar-refractivity contribution in [2.45, 2.75) is 12.8 Å². The third-order valence-corrected chi connectivity index (χ3v) is 1.95. The van der Waals surface area contributed by atoms with Gasteiger partial charge in [-0.15, -0.1) is 0 Å². The van der Waals surface area contributed by atoms with Crippen LogP contribution in [0.5, 0.6) is 0 Å². The number of rotatable bonds is 0. The van der Waals surface area contributed by atoms with E-state index in [1.165, 1.54) is 0 Å². The Kier molecular flexibility index (Phi) is 1.34. The van der Waals surface area contributed by atoms with Gasteiger partial charge < -0.3 is 4.90 Å². The fraction of sp³-hybridized carbons (Fsp3) is 0.500. The molecule has 0 saturated carbocycles. The zero-order valence-electron chi connectivity index (χ0n) is 4.98. The molecular formula is C6H9NS. The quantitative estimate of drug-likeness (QED) is 0.454. The van der Waals surface area contributed by atoms with E-state index in [9.17, 15) is 0 Å². The molecule has 0 N–H and O–H groups in total. The van der Waals surface area contributed by atoms with Gasteiger partial charge in [-0.2, -0.15) is 0 Å². The minimum atomic E-state index is 1.02. The highest BCUT2D eigenvalue weighted by Crippen LogP contribution is 2.18. The molecule has 0 aromatic rings. The molecule has 44 valence electrons. The summed E-state index contributed by atoms with van der Waals surface area (Å²) in [6.07, 6.45) is 2.07. The fourth-order valence-corrected chi connectivity index (χ4v) is 0.994. The molecule has 1 fully saturated rings. The van der Waals surface area contributed by atoms with Gasteiger partial charge in [0.25, 0.3) is 0 Å². The molecule has 0 unspecified atom stereocenters. The standard InChI is InChI=1S/C6H9NS/c1-5-3-4-6(8)7(5)2/h1,3-4H2,2H3. The van der Waals surface area contributed by atoms with Crippen LogP contribution in [-0.4, -0.2) is 16.9 Å². The molecule has 0 aliphatic carbocycles. The van der Waals surface area contributed by atoms with Crippen molar-refractivity contribution in [2.75, 3.05) is 7.05 Å². The van der Waals surface area contributed by atoms with E-state index in [0.717, 1.165) is 23.5 Å². The van der Waals surface area contributed by atoms with Crippen LogP contribution < -0.4 is 0 Å². The topological polar surface area (TPSA) is 3.24 Å². The first kappa shape index (κ1) is 5.76. The van der Waals surface area contributed by atoms with Gasteiger partial charge in [0, 0.05) is 19.2 Å². The second-order valence-corrected chi connectivity index (χ2v) is 2.49. The molecular weight excluding hydrogens is 118 g/mol. The Morgan fingerprint density at radius 1 is 1.62 bits per heavy atom. The van der Waals surface area contributed by atoms with Crippen molar-refractivity contribution >= 4 is 17.2 Å². The molecule has 0 aromatic heterocycles. The van der Waals surface area contributed by atoms with E-state index < -0.39 is 0 Å². The molecule has 0 spiro atoms. The molecule has 1 heterocycles. The maximum atomic E-state index is 4.98. The molecule has 8 heavy (non-hydrogen) atoms. The molecule has 0 atom stereocenters. The maximum Gasteiger partial charge on any atom is 0.0822 e. The zero-order valence-corrected chi connectivity index (χ0v) is 5.79. The summed E-state index contributed by atoms with van der Waals surface area (Å²) in [5.41, 5.74) is 1.15. The highest BCUT2D eigenvalue weighted by atomic mass is 32.1. The number of allylic oxidation sites excluding steroid dienone is 1. The van der Waals surface area contributed by atoms with E-state index >= 15 is 0 Å². The molecule has 0 amide bonds. The van der Waals surface area contributed by atoms with Gasteiger partial charge in [-0.1, -0.05) is 18.8 Å². The lowest BCUT2D eigenvalue weighted by atomic mass is 10.3. The first-order valence-electron chi connectivity index (χ1n) is 2.66. The van der Waals surface area contributed by atoms with Crippen LogP contribution in [0.1, 0.15) is 12.8 Å². The summed E-state index contributed by atoms with van der Waals surface area (Å²) in [7, 11) is 1.97. The number of hydrogen-bond donors (Lipinski definition) is 0. The summed E-state index contributed by atoms with van der Waals surface area (Å²) in [5.74, 6) is 0. The van der Waals surface area contributed by atoms with E-state index in [1.54, 1.807) is 0 Å². The van der Waals surface area contributed by atoms with Gasteiger partial charge in [-0.3, -0.25) is 0 Å². The van der Waals surface area contributed by atoms with Gasteiger partial charge in [0.1, 0.15) is 0 Å². The molecule has 1 rings (SSSR count). The number of nitrogens with zero attached hydrogens (tertiary/aromatic N) is 1. The Labute approximate surface area is 55.0 Å². The highest BCUT2D eigenvalue weighted by molar-refractivity contribution is 7.80. The average molecular weight is 127 g/mol. The summed E-state index contributed by atoms with van der Waals surface area (Å²) < 4.78 is 0. The molecule has 0 bridgehead atoms. The Morgan fingerprint density at radius 2 is 2.25 bits per heavy atom. The maximum absolute atomic E-state index is 4.98. The fourth-order valence-electron chi connectivity index (χ4n) is 0.763. The van der Waals surface area contributed by atoms with Crippen LogP contribution >= 0.6 is 12.2 Å². The highest BCUT2D eigenvalue weighted by Gasteiger charge is 2.14. The minimum absolute atomic E-state index is 1.02. The van der Waals surface area contributed by atoms with Gasteiger partial charge in [0.05, 0.1) is 4.99 Å². The van der Waals surface area contributed by atoms with Crippen LogP contribution in [0.2, 0.25) is 0 Å². The second-order valence-electron chi connectivity index (χ2n) is 2.02. The molecule has 1 aliphatic heterocycles. The predicted octanol–water partition coefficient (Wildman–Crippen LogP) is 1.55. The molecule has 2 heteroatoms. The molecule has 1 saturated heterocycles. The molecule has 0 aromatic carbocycles. The van der Waals surface area contributed by atoms with Crippen LogP contribution in [0, 0.1) is 0 Å². The van der Waals surface area contributed by atoms with Crippen molar-refractivity contribution < 1.29 is 0 Å². The van der Waals surface area contributed by atoms with Gasteiger partial charge >= 0.3 is 0 Å². The van der Waals surface area contributed by atoms with Crippen molar-refractivity contribution in [3.05, 3.63) is 12.3 Å². The van der Waals surface area contributed by atoms with Gasteiger partial charge in [-0.25, -0.2) is 0 Å². The van der Waals surface area contributed by atoms with Crippen molar-refractivity contribution in [2.24, 2.45) is 0 Å². The van der Waals surface area contributed by atoms with Gasteiger partial charge in [0.2, 0.25) is 0 Å². The molecule has 0 radical (unpaired) electrons. The van der Waals surface area contributed by atoms with Crippen molar-refractivity contribution in [3.63, 3.8) is 0 Å². The lowest BCUT2D eigenvalue weighted by molar-refractivity contribution is 0.660. The Bertz CT molecular complexity index is 123. The van der Waals surface area contributed by atoms with Crippen molar-refractivity contribution in [3.8, 4) is 0 Å². The van der Waals surface area contributed by atoms with Crippen molar-refractivity contribution in [1.29, 1.82) is 0 Å². The van der Waals surface area contributed by atoms with E-state index in [1.807, 2.05) is 11.9 Å². The molecule has 1 aliphatic rings. The lowest BCUT2D eigenvalue weighted by Gasteiger charge is -2.09. The average Bonchev–Trinajstić information content (AvgIpc) is 1.98. The van der Waals surface area contributed by atoms with E-state index in [-0.39, 0.29) is 0 Å². The predicted molar refractivity (Wildman–Crippen MR) is 38.7 cm³/mol. The third-order valence-electron chi connectivity index (χ3n) is 1.48. The summed E-state index contributed by atoms with van der Waals surface area (Å²) in [4.78, 5) is 3.00. The monoisotopic (exact) mass is 127 g/mol. The largest absolute Gasteiger partial charge is 0.343 e. The Hall–Kier alpha value is -0.370. The third kappa shape index (κ3) is 0.757. The minimum Gasteiger partial charge on any atom is -0.343 e. The van der Waals surface area contributed by atoms with Crippen LogP contribution in [0.3, 0.4) is 0 Å². The summed E-state index contributed by atoms with van der Waals surface area (Å²) >= 11 is 4.98.